The fourth-order valence-electron chi connectivity index (χ4n) is 1.88. The molecule has 2 aromatic carbocycles. The molecule has 2 rings (SSSR count). The van der Waals surface area contributed by atoms with E-state index in [0.29, 0.717) is 24.3 Å². The Kier molecular flexibility index (Phi) is 4.63. The molecule has 0 heterocycles. The molecule has 0 spiro atoms. The van der Waals surface area contributed by atoms with Crippen molar-refractivity contribution in [3.63, 3.8) is 0 Å². The number of terminal acetylenes is 1. The molecule has 0 radical (unpaired) electrons. The lowest BCUT2D eigenvalue weighted by atomic mass is 10.0. The quantitative estimate of drug-likeness (QED) is 0.681. The van der Waals surface area contributed by atoms with Gasteiger partial charge in [-0.15, -0.1) is 12.3 Å². The lowest BCUT2D eigenvalue weighted by Gasteiger charge is -2.12. The third-order valence-corrected chi connectivity index (χ3v) is 3.78. The highest BCUT2D eigenvalue weighted by Crippen LogP contribution is 2.32. The monoisotopic (exact) mass is 301 g/mol. The largest absolute Gasteiger partial charge is 0.492 e. The highest BCUT2D eigenvalue weighted by molar-refractivity contribution is 7.89. The van der Waals surface area contributed by atoms with E-state index in [1.165, 1.54) is 12.1 Å². The van der Waals surface area contributed by atoms with Gasteiger partial charge in [-0.25, -0.2) is 13.6 Å². The number of primary sulfonamides is 1. The molecule has 0 bridgehead atoms. The van der Waals surface area contributed by atoms with E-state index in [0.717, 1.165) is 5.56 Å². The van der Waals surface area contributed by atoms with Crippen LogP contribution in [0.2, 0.25) is 0 Å². The summed E-state index contributed by atoms with van der Waals surface area (Å²) in [5, 5.41) is 5.18. The van der Waals surface area contributed by atoms with Crippen LogP contribution in [0.5, 0.6) is 5.75 Å². The predicted octanol–water partition coefficient (Wildman–Crippen LogP) is 2.40. The maximum absolute atomic E-state index is 11.5. The molecule has 2 N–H and O–H groups in total. The Morgan fingerprint density at radius 1 is 1.14 bits per heavy atom. The summed E-state index contributed by atoms with van der Waals surface area (Å²) < 4.78 is 28.6. The second-order valence-corrected chi connectivity index (χ2v) is 5.93. The van der Waals surface area contributed by atoms with E-state index in [-0.39, 0.29) is 4.90 Å². The van der Waals surface area contributed by atoms with Crippen LogP contribution in [0, 0.1) is 12.3 Å². The van der Waals surface area contributed by atoms with Crippen molar-refractivity contribution in [2.24, 2.45) is 5.14 Å². The third kappa shape index (κ3) is 3.85. The Morgan fingerprint density at radius 2 is 1.86 bits per heavy atom. The zero-order valence-electron chi connectivity index (χ0n) is 11.3. The molecule has 0 aliphatic carbocycles. The van der Waals surface area contributed by atoms with Gasteiger partial charge in [-0.05, 0) is 23.8 Å². The summed E-state index contributed by atoms with van der Waals surface area (Å²) in [5.41, 5.74) is 1.51. The average molecular weight is 301 g/mol. The lowest BCUT2D eigenvalue weighted by Crippen LogP contribution is -2.12. The molecule has 5 heteroatoms. The fraction of sp³-hybridized carbons (Fsp3) is 0.125. The molecular formula is C16H15NO3S. The van der Waals surface area contributed by atoms with Gasteiger partial charge in [0.1, 0.15) is 5.75 Å². The van der Waals surface area contributed by atoms with Crippen LogP contribution >= 0.6 is 0 Å². The summed E-state index contributed by atoms with van der Waals surface area (Å²) in [6.45, 7) is 0.366. The molecule has 21 heavy (non-hydrogen) atoms. The van der Waals surface area contributed by atoms with Gasteiger partial charge in [0.2, 0.25) is 10.0 Å². The Hall–Kier alpha value is -2.29. The fourth-order valence-corrected chi connectivity index (χ4v) is 2.41. The van der Waals surface area contributed by atoms with Crippen LogP contribution in [0.25, 0.3) is 11.1 Å². The number of rotatable bonds is 5. The summed E-state index contributed by atoms with van der Waals surface area (Å²) in [7, 11) is -3.76. The van der Waals surface area contributed by atoms with Crippen LogP contribution in [0.3, 0.4) is 0 Å². The maximum Gasteiger partial charge on any atom is 0.238 e. The third-order valence-electron chi connectivity index (χ3n) is 2.87. The normalized spacial score (nSPS) is 10.9. The van der Waals surface area contributed by atoms with Crippen molar-refractivity contribution in [1.82, 2.24) is 0 Å². The predicted molar refractivity (Wildman–Crippen MR) is 82.2 cm³/mol. The summed E-state index contributed by atoms with van der Waals surface area (Å²) >= 11 is 0. The smallest absolute Gasteiger partial charge is 0.238 e. The first-order chi connectivity index (χ1) is 10.0. The van der Waals surface area contributed by atoms with E-state index in [4.69, 9.17) is 16.3 Å². The maximum atomic E-state index is 11.5. The second kappa shape index (κ2) is 6.44. The van der Waals surface area contributed by atoms with E-state index in [1.54, 1.807) is 6.07 Å². The number of sulfonamides is 1. The van der Waals surface area contributed by atoms with E-state index in [1.807, 2.05) is 30.3 Å². The van der Waals surface area contributed by atoms with Crippen molar-refractivity contribution in [3.8, 4) is 29.2 Å². The van der Waals surface area contributed by atoms with Crippen LogP contribution in [0.1, 0.15) is 6.42 Å². The SMILES string of the molecule is C#CCCOc1ccc(S(N)(=O)=O)cc1-c1ccccc1. The Labute approximate surface area is 124 Å². The first kappa shape index (κ1) is 15.1. The highest BCUT2D eigenvalue weighted by atomic mass is 32.2. The van der Waals surface area contributed by atoms with Gasteiger partial charge in [-0.3, -0.25) is 0 Å². The molecular weight excluding hydrogens is 286 g/mol. The average Bonchev–Trinajstić information content (AvgIpc) is 2.47. The molecule has 0 saturated carbocycles. The molecule has 0 unspecified atom stereocenters. The molecule has 0 aliphatic rings. The molecule has 0 aromatic heterocycles. The number of ether oxygens (including phenoxy) is 1. The number of nitrogens with two attached hydrogens (primary N) is 1. The molecule has 4 nitrogen and oxygen atoms in total. The van der Waals surface area contributed by atoms with E-state index in [2.05, 4.69) is 5.92 Å². The summed E-state index contributed by atoms with van der Waals surface area (Å²) in [6.07, 6.45) is 5.67. The topological polar surface area (TPSA) is 69.4 Å². The van der Waals surface area contributed by atoms with Crippen LogP contribution in [0.15, 0.2) is 53.4 Å². The Morgan fingerprint density at radius 3 is 2.48 bits per heavy atom. The van der Waals surface area contributed by atoms with Gasteiger partial charge >= 0.3 is 0 Å². The Balaban J connectivity index is 2.48. The zero-order valence-corrected chi connectivity index (χ0v) is 12.1. The van der Waals surface area contributed by atoms with Crippen molar-refractivity contribution < 1.29 is 13.2 Å². The minimum Gasteiger partial charge on any atom is -0.492 e. The summed E-state index contributed by atoms with van der Waals surface area (Å²) in [5.74, 6) is 3.06. The van der Waals surface area contributed by atoms with Gasteiger partial charge in [0.15, 0.2) is 0 Å². The van der Waals surface area contributed by atoms with Gasteiger partial charge in [-0.1, -0.05) is 30.3 Å². The Bertz CT molecular complexity index is 762. The lowest BCUT2D eigenvalue weighted by molar-refractivity contribution is 0.328. The number of benzene rings is 2. The van der Waals surface area contributed by atoms with Crippen molar-refractivity contribution >= 4 is 10.0 Å². The second-order valence-electron chi connectivity index (χ2n) is 4.37. The molecule has 0 saturated heterocycles. The highest BCUT2D eigenvalue weighted by Gasteiger charge is 2.13. The van der Waals surface area contributed by atoms with Crippen molar-refractivity contribution in [1.29, 1.82) is 0 Å². The van der Waals surface area contributed by atoms with Gasteiger partial charge < -0.3 is 4.74 Å². The van der Waals surface area contributed by atoms with Gasteiger partial charge in [0.25, 0.3) is 0 Å². The molecule has 0 atom stereocenters. The van der Waals surface area contributed by atoms with Crippen molar-refractivity contribution in [3.05, 3.63) is 48.5 Å². The molecule has 0 fully saturated rings. The molecule has 0 amide bonds. The minimum absolute atomic E-state index is 0.0469. The van der Waals surface area contributed by atoms with E-state index < -0.39 is 10.0 Å². The van der Waals surface area contributed by atoms with Gasteiger partial charge in [0.05, 0.1) is 11.5 Å². The number of hydrogen-bond donors (Lipinski definition) is 1. The van der Waals surface area contributed by atoms with Crippen molar-refractivity contribution in [2.75, 3.05) is 6.61 Å². The molecule has 2 aromatic rings. The molecule has 108 valence electrons. The van der Waals surface area contributed by atoms with Gasteiger partial charge in [-0.2, -0.15) is 0 Å². The zero-order chi connectivity index (χ0) is 15.3. The molecule has 0 aliphatic heterocycles. The minimum atomic E-state index is -3.76. The number of hydrogen-bond acceptors (Lipinski definition) is 3. The van der Waals surface area contributed by atoms with Gasteiger partial charge in [0, 0.05) is 12.0 Å². The standard InChI is InChI=1S/C16H15NO3S/c1-2-3-11-20-16-10-9-14(21(17,18)19)12-15(16)13-7-5-4-6-8-13/h1,4-10,12H,3,11H2,(H2,17,18,19). The van der Waals surface area contributed by atoms with Crippen LogP contribution in [0.4, 0.5) is 0 Å². The van der Waals surface area contributed by atoms with E-state index >= 15 is 0 Å². The van der Waals surface area contributed by atoms with E-state index in [9.17, 15) is 8.42 Å². The summed E-state index contributed by atoms with van der Waals surface area (Å²) in [4.78, 5) is 0.0469. The van der Waals surface area contributed by atoms with Crippen LogP contribution in [-0.4, -0.2) is 15.0 Å². The van der Waals surface area contributed by atoms with Crippen LogP contribution in [-0.2, 0) is 10.0 Å². The first-order valence-corrected chi connectivity index (χ1v) is 7.85. The summed E-state index contributed by atoms with van der Waals surface area (Å²) in [6, 6.07) is 13.9. The van der Waals surface area contributed by atoms with Crippen LogP contribution < -0.4 is 9.88 Å². The first-order valence-electron chi connectivity index (χ1n) is 6.31. The van der Waals surface area contributed by atoms with Crippen molar-refractivity contribution in [2.45, 2.75) is 11.3 Å².